The average Bonchev–Trinajstić information content (AvgIpc) is 3.04. The fraction of sp³-hybridized carbons (Fsp3) is 0.700. The van der Waals surface area contributed by atoms with Crippen molar-refractivity contribution < 1.29 is 14.7 Å². The summed E-state index contributed by atoms with van der Waals surface area (Å²) < 4.78 is 7.17. The zero-order chi connectivity index (χ0) is 19.7. The van der Waals surface area contributed by atoms with Gasteiger partial charge in [-0.3, -0.25) is 9.36 Å². The van der Waals surface area contributed by atoms with Crippen molar-refractivity contribution in [2.75, 3.05) is 38.6 Å². The van der Waals surface area contributed by atoms with Crippen LogP contribution in [-0.4, -0.2) is 59.4 Å². The van der Waals surface area contributed by atoms with Gasteiger partial charge in [-0.25, -0.2) is 4.98 Å². The molecule has 0 spiro atoms. The molecular weight excluding hydrogens is 394 g/mol. The van der Waals surface area contributed by atoms with Crippen molar-refractivity contribution in [3.8, 4) is 0 Å². The molecule has 1 saturated heterocycles. The Hall–Kier alpha value is -0.930. The van der Waals surface area contributed by atoms with E-state index >= 15 is 0 Å². The number of hydrogen-bond acceptors (Lipinski definition) is 6. The van der Waals surface area contributed by atoms with Gasteiger partial charge in [-0.15, -0.1) is 11.3 Å². The average molecular weight is 425 g/mol. The Morgan fingerprint density at radius 1 is 1.43 bits per heavy atom. The number of aromatic nitrogens is 2. The third-order valence-corrected chi connectivity index (χ3v) is 8.10. The van der Waals surface area contributed by atoms with Gasteiger partial charge in [0, 0.05) is 17.2 Å². The van der Waals surface area contributed by atoms with E-state index in [9.17, 15) is 9.90 Å². The van der Waals surface area contributed by atoms with E-state index in [1.807, 2.05) is 6.92 Å². The summed E-state index contributed by atoms with van der Waals surface area (Å²) in [6.45, 7) is 9.04. The molecule has 3 heterocycles. The molecule has 0 radical (unpaired) electrons. The molecule has 2 aromatic heterocycles. The van der Waals surface area contributed by atoms with Crippen LogP contribution in [0.2, 0.25) is 0 Å². The summed E-state index contributed by atoms with van der Waals surface area (Å²) in [6, 6.07) is 0. The zero-order valence-electron chi connectivity index (χ0n) is 16.7. The minimum absolute atomic E-state index is 0.0929. The number of fused-ring (bicyclic) bond motifs is 3. The molecule has 0 unspecified atom stereocenters. The summed E-state index contributed by atoms with van der Waals surface area (Å²) in [5.41, 5.74) is 1.33. The lowest BCUT2D eigenvalue weighted by atomic mass is 9.89. The maximum Gasteiger partial charge on any atom is 0.263 e. The second kappa shape index (κ2) is 8.83. The molecule has 0 bridgehead atoms. The maximum absolute atomic E-state index is 13.2. The van der Waals surface area contributed by atoms with Gasteiger partial charge < -0.3 is 14.7 Å². The highest BCUT2D eigenvalue weighted by atomic mass is 32.2. The Balaban J connectivity index is 1.54. The fourth-order valence-corrected chi connectivity index (χ4v) is 6.63. The van der Waals surface area contributed by atoms with Crippen LogP contribution in [0.15, 0.2) is 9.95 Å². The van der Waals surface area contributed by atoms with Crippen LogP contribution >= 0.6 is 23.1 Å². The summed E-state index contributed by atoms with van der Waals surface area (Å²) in [6.07, 6.45) is 2.79. The minimum atomic E-state index is -0.409. The number of morpholine rings is 1. The number of hydrogen-bond donors (Lipinski definition) is 2. The van der Waals surface area contributed by atoms with Crippen LogP contribution in [0.3, 0.4) is 0 Å². The monoisotopic (exact) mass is 424 g/mol. The van der Waals surface area contributed by atoms with Crippen molar-refractivity contribution in [1.29, 1.82) is 0 Å². The molecule has 1 aliphatic heterocycles. The van der Waals surface area contributed by atoms with Crippen molar-refractivity contribution >= 4 is 33.3 Å². The molecule has 2 N–H and O–H groups in total. The van der Waals surface area contributed by atoms with Crippen molar-refractivity contribution in [2.24, 2.45) is 5.92 Å². The highest BCUT2D eigenvalue weighted by molar-refractivity contribution is 7.99. The van der Waals surface area contributed by atoms with E-state index in [2.05, 4.69) is 6.92 Å². The SMILES string of the molecule is CCn1c(SC[C@H](O)C[NH+]2CCOCC2)nc2sc3c(c2c1=O)CC[C@H](C)C3. The van der Waals surface area contributed by atoms with Gasteiger partial charge in [-0.2, -0.15) is 0 Å². The van der Waals surface area contributed by atoms with E-state index in [1.54, 1.807) is 15.9 Å². The lowest BCUT2D eigenvalue weighted by molar-refractivity contribution is -0.910. The fourth-order valence-electron chi connectivity index (χ4n) is 4.22. The predicted octanol–water partition coefficient (Wildman–Crippen LogP) is 0.971. The van der Waals surface area contributed by atoms with Crippen LogP contribution in [0.1, 0.15) is 30.7 Å². The maximum atomic E-state index is 13.2. The molecule has 28 heavy (non-hydrogen) atoms. The van der Waals surface area contributed by atoms with Gasteiger partial charge in [0.1, 0.15) is 30.6 Å². The number of nitrogens with one attached hydrogen (secondary N) is 1. The van der Waals surface area contributed by atoms with Crippen LogP contribution in [0, 0.1) is 5.92 Å². The number of thioether (sulfide) groups is 1. The predicted molar refractivity (Wildman–Crippen MR) is 114 cm³/mol. The molecule has 4 rings (SSSR count). The largest absolute Gasteiger partial charge is 0.386 e. The second-order valence-corrected chi connectivity index (χ2v) is 10.1. The number of thiophene rings is 1. The van der Waals surface area contributed by atoms with Crippen LogP contribution in [0.25, 0.3) is 10.2 Å². The van der Waals surface area contributed by atoms with Gasteiger partial charge in [-0.1, -0.05) is 18.7 Å². The summed E-state index contributed by atoms with van der Waals surface area (Å²) in [7, 11) is 0. The smallest absolute Gasteiger partial charge is 0.263 e. The number of nitrogens with zero attached hydrogens (tertiary/aromatic N) is 2. The van der Waals surface area contributed by atoms with Crippen molar-refractivity contribution in [3.05, 3.63) is 20.8 Å². The summed E-state index contributed by atoms with van der Waals surface area (Å²) in [5, 5.41) is 12.1. The van der Waals surface area contributed by atoms with Gasteiger partial charge in [-0.05, 0) is 37.7 Å². The number of quaternary nitrogens is 1. The zero-order valence-corrected chi connectivity index (χ0v) is 18.3. The number of aliphatic hydroxyl groups is 1. The van der Waals surface area contributed by atoms with E-state index in [1.165, 1.54) is 27.1 Å². The summed E-state index contributed by atoms with van der Waals surface area (Å²) >= 11 is 3.20. The Morgan fingerprint density at radius 2 is 2.21 bits per heavy atom. The quantitative estimate of drug-likeness (QED) is 0.534. The third kappa shape index (κ3) is 4.16. The molecule has 0 amide bonds. The molecule has 2 atom stereocenters. The van der Waals surface area contributed by atoms with Gasteiger partial charge in [0.15, 0.2) is 5.16 Å². The highest BCUT2D eigenvalue weighted by Crippen LogP contribution is 2.36. The van der Waals surface area contributed by atoms with E-state index in [4.69, 9.17) is 9.72 Å². The van der Waals surface area contributed by atoms with Crippen LogP contribution < -0.4 is 10.5 Å². The molecule has 0 aromatic carbocycles. The third-order valence-electron chi connectivity index (χ3n) is 5.83. The lowest BCUT2D eigenvalue weighted by Gasteiger charge is -2.25. The molecule has 154 valence electrons. The van der Waals surface area contributed by atoms with Crippen LogP contribution in [0.5, 0.6) is 0 Å². The Labute approximate surface area is 173 Å². The first-order valence-corrected chi connectivity index (χ1v) is 12.1. The number of aliphatic hydroxyl groups excluding tert-OH is 1. The van der Waals surface area contributed by atoms with E-state index in [-0.39, 0.29) is 5.56 Å². The second-order valence-electron chi connectivity index (χ2n) is 8.01. The Bertz CT molecular complexity index is 889. The highest BCUT2D eigenvalue weighted by Gasteiger charge is 2.25. The Kier molecular flexibility index (Phi) is 6.42. The summed E-state index contributed by atoms with van der Waals surface area (Å²) in [4.78, 5) is 21.7. The molecule has 1 fully saturated rings. The number of ether oxygens (including phenoxy) is 1. The van der Waals surface area contributed by atoms with Crippen LogP contribution in [-0.2, 0) is 24.1 Å². The van der Waals surface area contributed by atoms with Gasteiger partial charge in [0.05, 0.1) is 18.6 Å². The first-order chi connectivity index (χ1) is 13.6. The molecule has 0 saturated carbocycles. The minimum Gasteiger partial charge on any atom is -0.386 e. The van der Waals surface area contributed by atoms with E-state index < -0.39 is 6.10 Å². The summed E-state index contributed by atoms with van der Waals surface area (Å²) in [5.74, 6) is 1.24. The van der Waals surface area contributed by atoms with Gasteiger partial charge >= 0.3 is 0 Å². The van der Waals surface area contributed by atoms with Gasteiger partial charge in [0.25, 0.3) is 5.56 Å². The van der Waals surface area contributed by atoms with Crippen molar-refractivity contribution in [2.45, 2.75) is 50.9 Å². The number of rotatable bonds is 6. The van der Waals surface area contributed by atoms with E-state index in [0.717, 1.165) is 67.5 Å². The molecule has 2 aromatic rings. The topological polar surface area (TPSA) is 68.8 Å². The molecule has 6 nitrogen and oxygen atoms in total. The van der Waals surface area contributed by atoms with Crippen molar-refractivity contribution in [3.63, 3.8) is 0 Å². The standard InChI is InChI=1S/C20H29N3O3S2/c1-3-23-19(25)17-15-5-4-13(2)10-16(15)28-18(17)21-20(23)27-12-14(24)11-22-6-8-26-9-7-22/h13-14,24H,3-12H2,1-2H3/p+1/t13-,14+/m0/s1. The van der Waals surface area contributed by atoms with Crippen molar-refractivity contribution in [1.82, 2.24) is 9.55 Å². The molecule has 1 aliphatic carbocycles. The first-order valence-electron chi connectivity index (χ1n) is 10.3. The molecule has 8 heteroatoms. The molecule has 2 aliphatic rings. The Morgan fingerprint density at radius 3 is 2.96 bits per heavy atom. The van der Waals surface area contributed by atoms with E-state index in [0.29, 0.717) is 18.2 Å². The van der Waals surface area contributed by atoms with Gasteiger partial charge in [0.2, 0.25) is 0 Å². The molecular formula is C20H30N3O3S2+. The first kappa shape index (κ1) is 20.3. The number of aryl methyl sites for hydroxylation is 1. The lowest BCUT2D eigenvalue weighted by Crippen LogP contribution is -3.15. The normalized spacial score (nSPS) is 21.8. The van der Waals surface area contributed by atoms with Crippen LogP contribution in [0.4, 0.5) is 0 Å².